The highest BCUT2D eigenvalue weighted by molar-refractivity contribution is 5.85. The second-order valence-corrected chi connectivity index (χ2v) is 6.49. The molecule has 1 aliphatic rings. The van der Waals surface area contributed by atoms with Gasteiger partial charge in [0.1, 0.15) is 5.82 Å². The standard InChI is InChI=1S/C20H23FN2O.ClH/c1-14(5-6-15-3-2-4-19(21)10-15)20(24)23-11-16-7-8-17-12-22-13-18(17)9-16;/h2-4,7-10,14,22H,5-6,11-13H2,1H3,(H,23,24);1H. The number of carbonyl (C=O) groups is 1. The lowest BCUT2D eigenvalue weighted by Crippen LogP contribution is -2.29. The Hall–Kier alpha value is -1.91. The maximum Gasteiger partial charge on any atom is 0.223 e. The summed E-state index contributed by atoms with van der Waals surface area (Å²) in [6, 6.07) is 12.9. The Morgan fingerprint density at radius 1 is 1.16 bits per heavy atom. The lowest BCUT2D eigenvalue weighted by molar-refractivity contribution is -0.124. The van der Waals surface area contributed by atoms with Gasteiger partial charge < -0.3 is 10.6 Å². The summed E-state index contributed by atoms with van der Waals surface area (Å²) < 4.78 is 13.2. The van der Waals surface area contributed by atoms with E-state index < -0.39 is 0 Å². The number of nitrogens with one attached hydrogen (secondary N) is 2. The Balaban J connectivity index is 0.00000225. The number of fused-ring (bicyclic) bond motifs is 1. The van der Waals surface area contributed by atoms with Gasteiger partial charge in [0.2, 0.25) is 5.91 Å². The molecule has 1 atom stereocenters. The van der Waals surface area contributed by atoms with Crippen molar-refractivity contribution in [1.82, 2.24) is 10.6 Å². The number of aryl methyl sites for hydroxylation is 1. The third-order valence-corrected chi connectivity index (χ3v) is 4.57. The third kappa shape index (κ3) is 5.28. The molecule has 0 radical (unpaired) electrons. The number of benzene rings is 2. The van der Waals surface area contributed by atoms with Gasteiger partial charge in [0.15, 0.2) is 0 Å². The van der Waals surface area contributed by atoms with Crippen LogP contribution < -0.4 is 10.6 Å². The number of rotatable bonds is 6. The van der Waals surface area contributed by atoms with Crippen molar-refractivity contribution in [2.75, 3.05) is 0 Å². The van der Waals surface area contributed by atoms with Gasteiger partial charge in [-0.2, -0.15) is 0 Å². The molecule has 134 valence electrons. The Morgan fingerprint density at radius 3 is 2.76 bits per heavy atom. The van der Waals surface area contributed by atoms with Gasteiger partial charge >= 0.3 is 0 Å². The molecule has 3 rings (SSSR count). The maximum absolute atomic E-state index is 13.2. The molecule has 5 heteroatoms. The summed E-state index contributed by atoms with van der Waals surface area (Å²) >= 11 is 0. The molecule has 2 aromatic carbocycles. The highest BCUT2D eigenvalue weighted by Crippen LogP contribution is 2.17. The zero-order valence-corrected chi connectivity index (χ0v) is 15.2. The van der Waals surface area contributed by atoms with E-state index in [1.807, 2.05) is 13.0 Å². The van der Waals surface area contributed by atoms with E-state index >= 15 is 0 Å². The normalized spacial score (nSPS) is 13.7. The molecule has 0 bridgehead atoms. The SMILES string of the molecule is CC(CCc1cccc(F)c1)C(=O)NCc1ccc2c(c1)CNC2.Cl. The monoisotopic (exact) mass is 362 g/mol. The number of amides is 1. The predicted molar refractivity (Wildman–Crippen MR) is 100.0 cm³/mol. The Bertz CT molecular complexity index is 735. The van der Waals surface area contributed by atoms with Gasteiger partial charge in [-0.15, -0.1) is 12.4 Å². The predicted octanol–water partition coefficient (Wildman–Crippen LogP) is 3.74. The highest BCUT2D eigenvalue weighted by Gasteiger charge is 2.14. The molecule has 25 heavy (non-hydrogen) atoms. The fraction of sp³-hybridized carbons (Fsp3) is 0.350. The van der Waals surface area contributed by atoms with Crippen LogP contribution in [-0.4, -0.2) is 5.91 Å². The van der Waals surface area contributed by atoms with Gasteiger partial charge in [-0.25, -0.2) is 4.39 Å². The summed E-state index contributed by atoms with van der Waals surface area (Å²) in [5.74, 6) is -0.273. The number of hydrogen-bond donors (Lipinski definition) is 2. The third-order valence-electron chi connectivity index (χ3n) is 4.57. The average molecular weight is 363 g/mol. The van der Waals surface area contributed by atoms with Crippen LogP contribution in [0.4, 0.5) is 4.39 Å². The van der Waals surface area contributed by atoms with Crippen LogP contribution in [-0.2, 0) is 30.8 Å². The Kier molecular flexibility index (Phi) is 6.97. The van der Waals surface area contributed by atoms with Gasteiger partial charge in [0, 0.05) is 25.6 Å². The first-order valence-electron chi connectivity index (χ1n) is 8.45. The second-order valence-electron chi connectivity index (χ2n) is 6.49. The maximum atomic E-state index is 13.2. The molecule has 0 aromatic heterocycles. The first kappa shape index (κ1) is 19.4. The van der Waals surface area contributed by atoms with E-state index in [2.05, 4.69) is 28.8 Å². The second kappa shape index (κ2) is 8.97. The largest absolute Gasteiger partial charge is 0.352 e. The van der Waals surface area contributed by atoms with Gasteiger partial charge in [0.05, 0.1) is 0 Å². The summed E-state index contributed by atoms with van der Waals surface area (Å²) in [6.07, 6.45) is 1.42. The van der Waals surface area contributed by atoms with Crippen molar-refractivity contribution in [3.8, 4) is 0 Å². The van der Waals surface area contributed by atoms with Crippen LogP contribution in [0.15, 0.2) is 42.5 Å². The van der Waals surface area contributed by atoms with Crippen LogP contribution in [0.5, 0.6) is 0 Å². The van der Waals surface area contributed by atoms with Gasteiger partial charge in [-0.3, -0.25) is 4.79 Å². The molecule has 2 aromatic rings. The van der Waals surface area contributed by atoms with Crippen LogP contribution in [0.3, 0.4) is 0 Å². The minimum absolute atomic E-state index is 0. The molecule has 1 aliphatic heterocycles. The zero-order chi connectivity index (χ0) is 16.9. The number of carbonyl (C=O) groups excluding carboxylic acids is 1. The Labute approximate surface area is 154 Å². The highest BCUT2D eigenvalue weighted by atomic mass is 35.5. The molecule has 0 spiro atoms. The zero-order valence-electron chi connectivity index (χ0n) is 14.3. The van der Waals surface area contributed by atoms with E-state index in [4.69, 9.17) is 0 Å². The van der Waals surface area contributed by atoms with E-state index in [1.54, 1.807) is 6.07 Å². The minimum Gasteiger partial charge on any atom is -0.352 e. The average Bonchev–Trinajstić information content (AvgIpc) is 3.05. The smallest absolute Gasteiger partial charge is 0.223 e. The summed E-state index contributed by atoms with van der Waals surface area (Å²) in [7, 11) is 0. The lowest BCUT2D eigenvalue weighted by Gasteiger charge is -2.13. The van der Waals surface area contributed by atoms with Crippen LogP contribution in [0.1, 0.15) is 35.6 Å². The van der Waals surface area contributed by atoms with Crippen LogP contribution in [0, 0.1) is 11.7 Å². The van der Waals surface area contributed by atoms with Crippen molar-refractivity contribution in [1.29, 1.82) is 0 Å². The van der Waals surface area contributed by atoms with E-state index in [0.29, 0.717) is 19.4 Å². The summed E-state index contributed by atoms with van der Waals surface area (Å²) in [4.78, 5) is 12.2. The number of hydrogen-bond acceptors (Lipinski definition) is 2. The van der Waals surface area contributed by atoms with Crippen molar-refractivity contribution >= 4 is 18.3 Å². The van der Waals surface area contributed by atoms with Crippen LogP contribution in [0.2, 0.25) is 0 Å². The molecule has 3 nitrogen and oxygen atoms in total. The molecule has 0 saturated carbocycles. The molecule has 2 N–H and O–H groups in total. The first-order valence-corrected chi connectivity index (χ1v) is 8.45. The first-order chi connectivity index (χ1) is 11.6. The van der Waals surface area contributed by atoms with E-state index in [1.165, 1.54) is 23.3 Å². The van der Waals surface area contributed by atoms with Crippen molar-refractivity contribution in [3.05, 3.63) is 70.5 Å². The van der Waals surface area contributed by atoms with E-state index in [9.17, 15) is 9.18 Å². The van der Waals surface area contributed by atoms with Gasteiger partial charge in [-0.05, 0) is 47.2 Å². The molecular weight excluding hydrogens is 339 g/mol. The van der Waals surface area contributed by atoms with Gasteiger partial charge in [-0.1, -0.05) is 37.3 Å². The number of halogens is 2. The van der Waals surface area contributed by atoms with Crippen LogP contribution >= 0.6 is 12.4 Å². The van der Waals surface area contributed by atoms with Crippen molar-refractivity contribution < 1.29 is 9.18 Å². The van der Waals surface area contributed by atoms with E-state index in [-0.39, 0.29) is 30.0 Å². The summed E-state index contributed by atoms with van der Waals surface area (Å²) in [5.41, 5.74) is 4.72. The molecule has 1 amide bonds. The van der Waals surface area contributed by atoms with Gasteiger partial charge in [0.25, 0.3) is 0 Å². The van der Waals surface area contributed by atoms with E-state index in [0.717, 1.165) is 24.2 Å². The summed E-state index contributed by atoms with van der Waals surface area (Å²) in [6.45, 7) is 4.30. The molecule has 0 fully saturated rings. The van der Waals surface area contributed by atoms with Crippen molar-refractivity contribution in [2.45, 2.75) is 39.4 Å². The molecule has 0 aliphatic carbocycles. The lowest BCUT2D eigenvalue weighted by atomic mass is 10.00. The fourth-order valence-corrected chi connectivity index (χ4v) is 3.03. The molecule has 1 unspecified atom stereocenters. The molecule has 1 heterocycles. The fourth-order valence-electron chi connectivity index (χ4n) is 3.03. The van der Waals surface area contributed by atoms with Crippen LogP contribution in [0.25, 0.3) is 0 Å². The summed E-state index contributed by atoms with van der Waals surface area (Å²) in [5, 5.41) is 6.32. The topological polar surface area (TPSA) is 41.1 Å². The Morgan fingerprint density at radius 2 is 1.96 bits per heavy atom. The van der Waals surface area contributed by atoms with Crippen molar-refractivity contribution in [3.63, 3.8) is 0 Å². The minimum atomic E-state index is -0.226. The molecule has 0 saturated heterocycles. The molecular formula is C20H24ClFN2O. The van der Waals surface area contributed by atoms with Crippen molar-refractivity contribution in [2.24, 2.45) is 5.92 Å². The quantitative estimate of drug-likeness (QED) is 0.822.